The zero-order valence-corrected chi connectivity index (χ0v) is 27.2. The molecule has 1 aliphatic rings. The van der Waals surface area contributed by atoms with Crippen LogP contribution in [0, 0.1) is 17.8 Å². The second-order valence-corrected chi connectivity index (χ2v) is 10.9. The Hall–Kier alpha value is -1.38. The number of halogens is 9. The molecule has 0 saturated carbocycles. The molecule has 0 aliphatic heterocycles. The van der Waals surface area contributed by atoms with Crippen LogP contribution in [0.25, 0.3) is 0 Å². The number of methoxy groups -OCH3 is 1. The van der Waals surface area contributed by atoms with Crippen molar-refractivity contribution in [2.75, 3.05) is 7.11 Å². The fraction of sp³-hybridized carbons (Fsp3) is 0.714. The Morgan fingerprint density at radius 3 is 1.09 bits per heavy atom. The van der Waals surface area contributed by atoms with Crippen LogP contribution in [0.5, 0.6) is 0 Å². The van der Waals surface area contributed by atoms with E-state index >= 15 is 0 Å². The molecule has 0 aromatic carbocycles. The molecule has 0 heterocycles. The topological polar surface area (TPSA) is 373 Å². The molecule has 0 saturated heterocycles. The number of carbonyl (C=O) groups is 1. The van der Waals surface area contributed by atoms with Gasteiger partial charge in [0, 0.05) is 31.3 Å². The summed E-state index contributed by atoms with van der Waals surface area (Å²) in [5, 5.41) is 0. The van der Waals surface area contributed by atoms with Crippen LogP contribution in [0.1, 0.15) is 26.7 Å². The summed E-state index contributed by atoms with van der Waals surface area (Å²) in [7, 11) is -16.8. The van der Waals surface area contributed by atoms with Gasteiger partial charge in [0.2, 0.25) is 0 Å². The van der Waals surface area contributed by atoms with E-state index in [4.69, 9.17) is 43.6 Å². The van der Waals surface area contributed by atoms with Crippen molar-refractivity contribution in [1.82, 2.24) is 30.8 Å². The summed E-state index contributed by atoms with van der Waals surface area (Å²) in [6.07, 6.45) is 8.22. The molecule has 1 atom stereocenters. The van der Waals surface area contributed by atoms with Gasteiger partial charge in [0.25, 0.3) is 0 Å². The average Bonchev–Trinajstić information content (AvgIpc) is 2.64. The Balaban J connectivity index is -0.0000000502. The normalized spacial score (nSPS) is 14.5. The van der Waals surface area contributed by atoms with Crippen LogP contribution in [0.15, 0.2) is 12.2 Å². The first-order chi connectivity index (χ1) is 15.8. The molecule has 0 fully saturated rings. The van der Waals surface area contributed by atoms with Crippen molar-refractivity contribution in [3.63, 3.8) is 0 Å². The molecule has 268 valence electrons. The van der Waals surface area contributed by atoms with Crippen molar-refractivity contribution >= 4 is 36.3 Å². The van der Waals surface area contributed by atoms with Crippen molar-refractivity contribution in [3.8, 4) is 0 Å². The van der Waals surface area contributed by atoms with E-state index in [0.29, 0.717) is 5.92 Å². The maximum atomic E-state index is 11.5. The zero-order valence-electron chi connectivity index (χ0n) is 22.2. The molecule has 16 nitrogen and oxygen atoms in total. The average molecular weight is 904 g/mol. The van der Waals surface area contributed by atoms with Gasteiger partial charge in [0.1, 0.15) is 0 Å². The van der Waals surface area contributed by atoms with E-state index in [9.17, 15) is 44.3 Å². The van der Waals surface area contributed by atoms with Gasteiger partial charge in [-0.2, -0.15) is 39.5 Å². The predicted molar refractivity (Wildman–Crippen MR) is 124 cm³/mol. The van der Waals surface area contributed by atoms with Crippen molar-refractivity contribution in [2.45, 2.75) is 43.2 Å². The third kappa shape index (κ3) is 26.7. The summed E-state index contributed by atoms with van der Waals surface area (Å²) in [4.78, 5) is 11.5. The third-order valence-electron chi connectivity index (χ3n) is 3.70. The smallest absolute Gasteiger partial charge is 0.741 e. The number of esters is 1. The van der Waals surface area contributed by atoms with E-state index < -0.39 is 46.9 Å². The Morgan fingerprint density at radius 2 is 0.953 bits per heavy atom. The van der Waals surface area contributed by atoms with E-state index in [0.717, 1.165) is 12.8 Å². The molecule has 1 aliphatic carbocycles. The Kier molecular flexibility index (Phi) is 34.6. The van der Waals surface area contributed by atoms with Crippen LogP contribution in [-0.2, 0) is 59.7 Å². The number of hydrogen-bond acceptors (Lipinski definition) is 16. The molecule has 0 bridgehead atoms. The molecule has 1 unspecified atom stereocenters. The molecule has 29 heteroatoms. The second kappa shape index (κ2) is 23.0. The molecule has 0 radical (unpaired) electrons. The van der Waals surface area contributed by atoms with E-state index in [1.165, 1.54) is 7.11 Å². The van der Waals surface area contributed by atoms with Gasteiger partial charge in [-0.3, -0.25) is 4.79 Å². The molecule has 0 amide bonds. The largest absolute Gasteiger partial charge is 2.00 e. The number of ether oxygens (including phenoxy) is 1. The quantitative estimate of drug-likeness (QED) is 0.0872. The fourth-order valence-electron chi connectivity index (χ4n) is 1.70. The van der Waals surface area contributed by atoms with Gasteiger partial charge in [-0.15, -0.1) is 0 Å². The van der Waals surface area contributed by atoms with Gasteiger partial charge >= 0.3 is 42.3 Å². The minimum atomic E-state index is -6.09. The van der Waals surface area contributed by atoms with Crippen LogP contribution in [-0.4, -0.2) is 68.5 Å². The first-order valence-electron chi connectivity index (χ1n) is 8.47. The molecule has 15 N–H and O–H groups in total. The first kappa shape index (κ1) is 64.5. The minimum Gasteiger partial charge on any atom is -0.741 e. The van der Waals surface area contributed by atoms with Gasteiger partial charge < -0.3 is 49.1 Å². The van der Waals surface area contributed by atoms with E-state index in [-0.39, 0.29) is 61.9 Å². The number of allylic oxidation sites excluding steroid dienone is 2. The van der Waals surface area contributed by atoms with Gasteiger partial charge in [0.15, 0.2) is 30.4 Å². The summed E-state index contributed by atoms with van der Waals surface area (Å²) < 4.78 is 181. The SMILES string of the molecule is COC(=O)C(C)(C)C1CC=C[CH+]C1.N.N.N.N.N.O=S(=O)([O-])C(F)(F)F.O=S(=O)([O-])C(F)(F)F.O=S(=O)([O-])C(F)(F)F.[Os+2]. The van der Waals surface area contributed by atoms with Crippen molar-refractivity contribution in [3.05, 3.63) is 18.6 Å². The van der Waals surface area contributed by atoms with Gasteiger partial charge in [-0.25, -0.2) is 25.3 Å². The Bertz CT molecular complexity index is 1000. The number of hydrogen-bond donors (Lipinski definition) is 5. The summed E-state index contributed by atoms with van der Waals surface area (Å²) in [5.74, 6) is 0.270. The third-order valence-corrected chi connectivity index (χ3v) is 5.40. The number of alkyl halides is 9. The standard InChI is InChI=1S/C11H17O2.3CHF3O3S.5H3N.Os/c1-11(2,10(12)13-3)9-7-5-4-6-8-9;3*2-1(3,4)8(5,6)7;;;;;;/h4-6,9H,7-8H2,1-3H3;3*(H,5,6,7);5*1H3;/q+1;;;;;;;;;+2/p-3. The summed E-state index contributed by atoms with van der Waals surface area (Å²) in [6.45, 7) is 3.91. The fourth-order valence-corrected chi connectivity index (χ4v) is 1.70. The van der Waals surface area contributed by atoms with Crippen LogP contribution in [0.2, 0.25) is 0 Å². The van der Waals surface area contributed by atoms with E-state index in [1.54, 1.807) is 0 Å². The van der Waals surface area contributed by atoms with Crippen LogP contribution in [0.3, 0.4) is 0 Å². The summed E-state index contributed by atoms with van der Waals surface area (Å²) >= 11 is 0. The molecule has 0 aromatic heterocycles. The summed E-state index contributed by atoms with van der Waals surface area (Å²) in [5.41, 5.74) is -17.3. The molecule has 0 spiro atoms. The predicted octanol–water partition coefficient (Wildman–Crippen LogP) is 3.32. The van der Waals surface area contributed by atoms with Crippen molar-refractivity contribution in [1.29, 1.82) is 0 Å². The Labute approximate surface area is 254 Å². The van der Waals surface area contributed by atoms with E-state index in [1.807, 2.05) is 13.8 Å². The van der Waals surface area contributed by atoms with Crippen molar-refractivity contribution < 1.29 is 108 Å². The van der Waals surface area contributed by atoms with Gasteiger partial charge in [0.05, 0.1) is 18.6 Å². The van der Waals surface area contributed by atoms with Crippen LogP contribution >= 0.6 is 0 Å². The van der Waals surface area contributed by atoms with E-state index in [2.05, 4.69) is 18.6 Å². The maximum absolute atomic E-state index is 11.5. The van der Waals surface area contributed by atoms with Crippen LogP contribution in [0.4, 0.5) is 39.5 Å². The molecule has 1 rings (SSSR count). The molecule has 43 heavy (non-hydrogen) atoms. The second-order valence-electron chi connectivity index (χ2n) is 6.75. The maximum Gasteiger partial charge on any atom is 2.00 e. The monoisotopic (exact) mass is 905 g/mol. The Morgan fingerprint density at radius 1 is 0.721 bits per heavy atom. The molecule has 0 aromatic rings. The molecular weight excluding hydrogens is 872 g/mol. The van der Waals surface area contributed by atoms with Gasteiger partial charge in [-0.1, -0.05) is 0 Å². The first-order valence-corrected chi connectivity index (χ1v) is 12.7. The minimum absolute atomic E-state index is 0. The van der Waals surface area contributed by atoms with Crippen molar-refractivity contribution in [2.24, 2.45) is 11.3 Å². The van der Waals surface area contributed by atoms with Crippen LogP contribution < -0.4 is 30.8 Å². The number of rotatable bonds is 2. The zero-order chi connectivity index (χ0) is 30.9. The summed E-state index contributed by atoms with van der Waals surface area (Å²) in [6, 6.07) is 0. The van der Waals surface area contributed by atoms with Gasteiger partial charge in [-0.05, 0) is 13.8 Å². The molecular formula is C14H32F9N5O11OsS3. The number of carbonyl (C=O) groups excluding carboxylic acids is 1.